The minimum Gasteiger partial charge on any atom is -0.507 e. The van der Waals surface area contributed by atoms with Crippen molar-refractivity contribution in [2.24, 2.45) is 0 Å². The van der Waals surface area contributed by atoms with Crippen LogP contribution in [-0.4, -0.2) is 172 Å². The number of H-pyrrole nitrogens is 1. The summed E-state index contributed by atoms with van der Waals surface area (Å²) in [5, 5.41) is 79.3. The average molecular weight is 1200 g/mol. The van der Waals surface area contributed by atoms with Gasteiger partial charge in [0.25, 0.3) is 11.5 Å². The number of phenolic OH excluding ortho intramolecular Hbond substituents is 2. The van der Waals surface area contributed by atoms with Crippen LogP contribution in [0.3, 0.4) is 0 Å². The van der Waals surface area contributed by atoms with E-state index in [0.29, 0.717) is 22.9 Å². The Morgan fingerprint density at radius 1 is 0.905 bits per heavy atom. The van der Waals surface area contributed by atoms with Crippen molar-refractivity contribution in [3.05, 3.63) is 104 Å². The molecule has 4 amide bonds. The number of aromatic nitrogens is 4. The van der Waals surface area contributed by atoms with Gasteiger partial charge in [0.1, 0.15) is 41.6 Å². The van der Waals surface area contributed by atoms with Crippen molar-refractivity contribution in [2.45, 2.75) is 101 Å². The van der Waals surface area contributed by atoms with Gasteiger partial charge >= 0.3 is 5.97 Å². The predicted octanol–water partition coefficient (Wildman–Crippen LogP) is 0.437. The van der Waals surface area contributed by atoms with Crippen LogP contribution in [0.25, 0.3) is 11.2 Å². The van der Waals surface area contributed by atoms with Crippen LogP contribution in [0.5, 0.6) is 17.2 Å². The first-order valence-electron chi connectivity index (χ1n) is 26.3. The number of benzene rings is 3. The van der Waals surface area contributed by atoms with E-state index in [1.54, 1.807) is 12.1 Å². The minimum atomic E-state index is -2.39. The van der Waals surface area contributed by atoms with Crippen LogP contribution in [0.15, 0.2) is 53.5 Å². The highest BCUT2D eigenvalue weighted by atomic mass is 33.1. The average Bonchev–Trinajstić information content (AvgIpc) is 0.918. The molecule has 84 heavy (non-hydrogen) atoms. The van der Waals surface area contributed by atoms with E-state index in [2.05, 4.69) is 46.5 Å². The lowest BCUT2D eigenvalue weighted by Crippen LogP contribution is -2.56. The van der Waals surface area contributed by atoms with Crippen molar-refractivity contribution < 1.29 is 83.2 Å². The van der Waals surface area contributed by atoms with Crippen LogP contribution < -0.4 is 42.6 Å². The fraction of sp³-hybridized carbons (Fsp3) is 0.407. The van der Waals surface area contributed by atoms with E-state index in [9.17, 15) is 73.8 Å². The number of methoxy groups -OCH3 is 1. The Labute approximate surface area is 484 Å². The number of anilines is 2. The third-order valence-electron chi connectivity index (χ3n) is 14.2. The number of hydrogen-bond donors (Lipinski definition) is 13. The van der Waals surface area contributed by atoms with E-state index >= 15 is 0 Å². The summed E-state index contributed by atoms with van der Waals surface area (Å²) in [6, 6.07) is 8.05. The zero-order chi connectivity index (χ0) is 60.6. The van der Waals surface area contributed by atoms with Crippen LogP contribution in [0.1, 0.15) is 111 Å². The number of carboxylic acids is 1. The van der Waals surface area contributed by atoms with Gasteiger partial charge in [-0.1, -0.05) is 33.7 Å². The molecule has 3 aromatic carbocycles. The normalized spacial score (nSPS) is 20.1. The van der Waals surface area contributed by atoms with E-state index < -0.39 is 131 Å². The summed E-state index contributed by atoms with van der Waals surface area (Å²) in [4.78, 5) is 131. The molecule has 446 valence electrons. The number of fused-ring (bicyclic) bond motifs is 4. The molecule has 1 saturated heterocycles. The number of carbonyl (C=O) groups excluding carboxylic acids is 7. The highest BCUT2D eigenvalue weighted by Crippen LogP contribution is 2.52. The summed E-state index contributed by atoms with van der Waals surface area (Å²) in [6.07, 6.45) is -5.36. The second-order valence-electron chi connectivity index (χ2n) is 19.8. The van der Waals surface area contributed by atoms with E-state index in [1.165, 1.54) is 72.2 Å². The number of nitrogens with one attached hydrogen (secondary N) is 6. The summed E-state index contributed by atoms with van der Waals surface area (Å²) in [7, 11) is 3.94. The number of aliphatic hydroxyl groups excluding tert-OH is 2. The molecular formula is C54H60N10O18S2. The van der Waals surface area contributed by atoms with Gasteiger partial charge in [0.15, 0.2) is 29.0 Å². The van der Waals surface area contributed by atoms with Gasteiger partial charge in [-0.05, 0) is 43.7 Å². The largest absolute Gasteiger partial charge is 0.507 e. The number of carboxylic acid groups (broad SMARTS) is 1. The maximum absolute atomic E-state index is 14.0. The number of Topliss-reactive ketones (excluding diaryl/α,β-unsaturated/α-hetero) is 1. The topological polar surface area (TPSA) is 443 Å². The molecule has 3 aliphatic rings. The first-order valence-corrected chi connectivity index (χ1v) is 28.8. The number of aliphatic carboxylic acids is 1. The van der Waals surface area contributed by atoms with Crippen molar-refractivity contribution >= 4 is 91.3 Å². The first kappa shape index (κ1) is 61.8. The summed E-state index contributed by atoms with van der Waals surface area (Å²) in [5.74, 6) is -6.94. The molecule has 0 saturated carbocycles. The van der Waals surface area contributed by atoms with Crippen molar-refractivity contribution in [1.82, 2.24) is 41.2 Å². The molecular weight excluding hydrogens is 1140 g/mol. The lowest BCUT2D eigenvalue weighted by atomic mass is 9.72. The number of ether oxygens (including phenoxy) is 3. The maximum Gasteiger partial charge on any atom is 0.326 e. The van der Waals surface area contributed by atoms with E-state index in [4.69, 9.17) is 19.9 Å². The third kappa shape index (κ3) is 14.0. The van der Waals surface area contributed by atoms with Gasteiger partial charge in [0.05, 0.1) is 60.5 Å². The van der Waals surface area contributed by atoms with Gasteiger partial charge in [-0.25, -0.2) is 14.8 Å². The number of aromatic hydroxyl groups is 2. The molecule has 14 N–H and O–H groups in total. The number of nitrogen functional groups attached to an aromatic ring is 1. The summed E-state index contributed by atoms with van der Waals surface area (Å²) in [6.45, 7) is 0.706. The Morgan fingerprint density at radius 3 is 2.26 bits per heavy atom. The van der Waals surface area contributed by atoms with Crippen LogP contribution in [0.4, 0.5) is 11.6 Å². The van der Waals surface area contributed by atoms with Gasteiger partial charge in [-0.15, -0.1) is 0 Å². The number of aromatic amines is 1. The molecule has 8 rings (SSSR count). The van der Waals surface area contributed by atoms with Crippen molar-refractivity contribution in [3.8, 4) is 17.2 Å². The second-order valence-corrected chi connectivity index (χ2v) is 22.5. The van der Waals surface area contributed by atoms with E-state index in [1.807, 2.05) is 0 Å². The van der Waals surface area contributed by atoms with Gasteiger partial charge in [0.2, 0.25) is 29.5 Å². The van der Waals surface area contributed by atoms with Crippen LogP contribution in [0.2, 0.25) is 0 Å². The molecule has 2 aromatic heterocycles. The Morgan fingerprint density at radius 2 is 1.58 bits per heavy atom. The Kier molecular flexibility index (Phi) is 19.8. The molecule has 7 atom stereocenters. The standard InChI is InChI=1S/C54H60N10O18S2/c1-24-44(70)31(18-38(81-24)82-33-20-54(79,34(66)23-65)19-29-40(33)48(74)42-41(46(29)72)45(71)28-4-3-5-32(80-2)39(28)47(42)73)61-37(69)13-17-84-83-16-12-36(68)57-15-14-56-35(67)11-10-30(52(77)78)62-50(75)25-6-8-26(9-7-25)58-21-27-22-59-49-43(60-27)51(76)64-53(55)63-49/h3-9,22,24,30-31,33,38,44,58,65,70,72,74,79H,10-21,23H2,1-2H3,(H,56,67)(H,57,68)(H,61,69)(H,62,75)(H,77,78)(H3,55,59,63,64,76)/t24-,30+,31-,33-,38-,44+,54-/m0/s1. The van der Waals surface area contributed by atoms with Gasteiger partial charge in [-0.2, -0.15) is 4.98 Å². The zero-order valence-corrected chi connectivity index (χ0v) is 46.7. The Balaban J connectivity index is 0.729. The Bertz CT molecular complexity index is 3460. The number of carbonyl (C=O) groups is 8. The number of hydrogen-bond acceptors (Lipinski definition) is 24. The minimum absolute atomic E-state index is 0.00168. The molecule has 28 nitrogen and oxygen atoms in total. The van der Waals surface area contributed by atoms with Crippen molar-refractivity contribution in [3.63, 3.8) is 0 Å². The number of nitrogens with two attached hydrogens (primary N) is 1. The highest BCUT2D eigenvalue weighted by Gasteiger charge is 2.50. The number of ketones is 3. The molecule has 0 radical (unpaired) electrons. The lowest BCUT2D eigenvalue weighted by Gasteiger charge is -2.43. The van der Waals surface area contributed by atoms with Gasteiger partial charge < -0.3 is 77.2 Å². The highest BCUT2D eigenvalue weighted by molar-refractivity contribution is 8.76. The molecule has 0 bridgehead atoms. The van der Waals surface area contributed by atoms with Crippen LogP contribution >= 0.6 is 21.6 Å². The number of phenols is 2. The zero-order valence-electron chi connectivity index (χ0n) is 45.1. The predicted molar refractivity (Wildman–Crippen MR) is 300 cm³/mol. The smallest absolute Gasteiger partial charge is 0.326 e. The third-order valence-corrected chi connectivity index (χ3v) is 16.6. The quantitative estimate of drug-likeness (QED) is 0.0210. The lowest BCUT2D eigenvalue weighted by molar-refractivity contribution is -0.249. The van der Waals surface area contributed by atoms with E-state index in [0.717, 1.165) is 0 Å². The number of nitrogens with zero attached hydrogens (tertiary/aromatic N) is 3. The number of amides is 4. The van der Waals surface area contributed by atoms with Crippen LogP contribution in [0, 0.1) is 0 Å². The summed E-state index contributed by atoms with van der Waals surface area (Å²) >= 11 is 0. The summed E-state index contributed by atoms with van der Waals surface area (Å²) < 4.78 is 17.5. The molecule has 1 aliphatic heterocycles. The molecule has 2 aliphatic carbocycles. The fourth-order valence-corrected chi connectivity index (χ4v) is 11.8. The SMILES string of the molecule is COc1cccc2c1C(=O)c1c(O)c3c(c(O)c1C2=O)C[C@@](O)(C(=O)CO)C[C@@H]3O[C@H]1C[C@H](NC(=O)CCSSCCC(=O)NCCNC(=O)CC[C@@H](NC(=O)c2ccc(NCc3cnc4nc(N)[nH]c(=O)c4n3)cc2)C(=O)O)[C@H](O)[C@H](C)O1. The second kappa shape index (κ2) is 27.0. The first-order chi connectivity index (χ1) is 40.1. The van der Waals surface area contributed by atoms with Gasteiger partial charge in [0, 0.05) is 91.1 Å². The summed E-state index contributed by atoms with van der Waals surface area (Å²) in [5.41, 5.74) is 2.03. The number of aliphatic hydroxyl groups is 3. The monoisotopic (exact) mass is 1200 g/mol. The van der Waals surface area contributed by atoms with Crippen molar-refractivity contribution in [2.75, 3.05) is 49.4 Å². The molecule has 5 aromatic rings. The molecule has 0 spiro atoms. The molecule has 0 unspecified atom stereocenters. The van der Waals surface area contributed by atoms with Crippen molar-refractivity contribution in [1.29, 1.82) is 0 Å². The van der Waals surface area contributed by atoms with Crippen LogP contribution in [-0.2, 0) is 46.4 Å². The maximum atomic E-state index is 14.0. The Hall–Kier alpha value is -8.26. The molecule has 1 fully saturated rings. The van der Waals surface area contributed by atoms with Gasteiger partial charge in [-0.3, -0.25) is 43.3 Å². The van der Waals surface area contributed by atoms with E-state index in [-0.39, 0.29) is 108 Å². The molecule has 3 heterocycles. The molecule has 30 heteroatoms. The number of rotatable bonds is 25. The fourth-order valence-electron chi connectivity index (χ4n) is 9.87.